The summed E-state index contributed by atoms with van der Waals surface area (Å²) in [5.41, 5.74) is 0. The van der Waals surface area contributed by atoms with E-state index in [0.717, 1.165) is 6.04 Å². The predicted octanol–water partition coefficient (Wildman–Crippen LogP) is 2.12. The van der Waals surface area contributed by atoms with E-state index in [4.69, 9.17) is 0 Å². The Morgan fingerprint density at radius 3 is 2.27 bits per heavy atom. The van der Waals surface area contributed by atoms with Crippen LogP contribution in [0.1, 0.15) is 34.1 Å². The van der Waals surface area contributed by atoms with Gasteiger partial charge in [0.2, 0.25) is 0 Å². The molecular formula is C13H24N2. The highest BCUT2D eigenvalue weighted by atomic mass is 15.3. The van der Waals surface area contributed by atoms with Crippen LogP contribution in [-0.2, 0) is 0 Å². The molecule has 3 aliphatic heterocycles. The van der Waals surface area contributed by atoms with Crippen molar-refractivity contribution < 1.29 is 0 Å². The first kappa shape index (κ1) is 11.2. The van der Waals surface area contributed by atoms with Crippen LogP contribution in [0.3, 0.4) is 0 Å². The standard InChI is InChI=1S/C13H24N2/c1-10(2)14-8-13-7-5-6-12(14)9-15(13)11(3)4/h5-6,10-13H,7-9H2,1-4H3. The maximum absolute atomic E-state index is 2.67. The third kappa shape index (κ3) is 2.11. The zero-order chi connectivity index (χ0) is 11.0. The summed E-state index contributed by atoms with van der Waals surface area (Å²) in [7, 11) is 0. The molecule has 2 bridgehead atoms. The van der Waals surface area contributed by atoms with Crippen molar-refractivity contribution in [3.05, 3.63) is 12.2 Å². The minimum absolute atomic E-state index is 0.645. The molecule has 2 heteroatoms. The summed E-state index contributed by atoms with van der Waals surface area (Å²) in [5, 5.41) is 0. The average molecular weight is 208 g/mol. The number of fused-ring (bicyclic) bond motifs is 3. The summed E-state index contributed by atoms with van der Waals surface area (Å²) in [6.45, 7) is 11.7. The van der Waals surface area contributed by atoms with Crippen LogP contribution < -0.4 is 0 Å². The van der Waals surface area contributed by atoms with Crippen molar-refractivity contribution in [1.82, 2.24) is 9.80 Å². The van der Waals surface area contributed by atoms with E-state index in [2.05, 4.69) is 49.6 Å². The largest absolute Gasteiger partial charge is 0.295 e. The molecule has 0 spiro atoms. The van der Waals surface area contributed by atoms with Gasteiger partial charge in [-0.25, -0.2) is 0 Å². The summed E-state index contributed by atoms with van der Waals surface area (Å²) in [6, 6.07) is 2.75. The fourth-order valence-corrected chi connectivity index (χ4v) is 2.95. The molecular weight excluding hydrogens is 184 g/mol. The fourth-order valence-electron chi connectivity index (χ4n) is 2.95. The molecule has 15 heavy (non-hydrogen) atoms. The molecule has 1 saturated heterocycles. The molecule has 0 radical (unpaired) electrons. The monoisotopic (exact) mass is 208 g/mol. The van der Waals surface area contributed by atoms with Gasteiger partial charge in [-0.3, -0.25) is 9.80 Å². The van der Waals surface area contributed by atoms with Crippen LogP contribution in [-0.4, -0.2) is 47.1 Å². The number of nitrogens with zero attached hydrogens (tertiary/aromatic N) is 2. The summed E-state index contributed by atoms with van der Waals surface area (Å²) in [5.74, 6) is 0. The Hall–Kier alpha value is -0.340. The Morgan fingerprint density at radius 1 is 1.00 bits per heavy atom. The van der Waals surface area contributed by atoms with Gasteiger partial charge in [0.05, 0.1) is 0 Å². The Morgan fingerprint density at radius 2 is 1.67 bits per heavy atom. The topological polar surface area (TPSA) is 6.48 Å². The van der Waals surface area contributed by atoms with Crippen LogP contribution in [0.25, 0.3) is 0 Å². The van der Waals surface area contributed by atoms with Crippen molar-refractivity contribution >= 4 is 0 Å². The van der Waals surface area contributed by atoms with E-state index in [1.54, 1.807) is 0 Å². The van der Waals surface area contributed by atoms with Gasteiger partial charge in [-0.1, -0.05) is 12.2 Å². The number of hydrogen-bond donors (Lipinski definition) is 0. The number of rotatable bonds is 2. The third-order valence-electron chi connectivity index (χ3n) is 3.81. The normalized spacial score (nSPS) is 32.9. The minimum atomic E-state index is 0.645. The Bertz CT molecular complexity index is 245. The van der Waals surface area contributed by atoms with Crippen molar-refractivity contribution in [1.29, 1.82) is 0 Å². The van der Waals surface area contributed by atoms with E-state index in [-0.39, 0.29) is 0 Å². The quantitative estimate of drug-likeness (QED) is 0.641. The van der Waals surface area contributed by atoms with E-state index >= 15 is 0 Å². The molecule has 0 amide bonds. The van der Waals surface area contributed by atoms with Gasteiger partial charge in [0.15, 0.2) is 0 Å². The predicted molar refractivity (Wildman–Crippen MR) is 65.0 cm³/mol. The lowest BCUT2D eigenvalue weighted by Gasteiger charge is -2.47. The molecule has 0 N–H and O–H groups in total. The molecule has 3 rings (SSSR count). The molecule has 2 atom stereocenters. The van der Waals surface area contributed by atoms with E-state index in [0.29, 0.717) is 18.1 Å². The maximum Gasteiger partial charge on any atom is 0.0409 e. The van der Waals surface area contributed by atoms with Crippen molar-refractivity contribution in [2.45, 2.75) is 58.3 Å². The molecule has 3 aliphatic rings. The molecule has 2 unspecified atom stereocenters. The zero-order valence-electron chi connectivity index (χ0n) is 10.5. The second-order valence-electron chi connectivity index (χ2n) is 5.47. The first-order chi connectivity index (χ1) is 7.09. The molecule has 86 valence electrons. The third-order valence-corrected chi connectivity index (χ3v) is 3.81. The lowest BCUT2D eigenvalue weighted by molar-refractivity contribution is 0.0172. The van der Waals surface area contributed by atoms with E-state index in [1.165, 1.54) is 19.5 Å². The van der Waals surface area contributed by atoms with Gasteiger partial charge in [-0.05, 0) is 34.1 Å². The van der Waals surface area contributed by atoms with E-state index in [9.17, 15) is 0 Å². The molecule has 0 saturated carbocycles. The number of piperazine rings is 1. The molecule has 0 aromatic carbocycles. The van der Waals surface area contributed by atoms with Crippen LogP contribution >= 0.6 is 0 Å². The van der Waals surface area contributed by atoms with Crippen LogP contribution in [0.4, 0.5) is 0 Å². The Kier molecular flexibility index (Phi) is 3.17. The van der Waals surface area contributed by atoms with Crippen LogP contribution in [0.15, 0.2) is 12.2 Å². The first-order valence-corrected chi connectivity index (χ1v) is 6.27. The Balaban J connectivity index is 2.15. The molecule has 2 nitrogen and oxygen atoms in total. The van der Waals surface area contributed by atoms with Crippen LogP contribution in [0.5, 0.6) is 0 Å². The lowest BCUT2D eigenvalue weighted by atomic mass is 10.0. The minimum Gasteiger partial charge on any atom is -0.295 e. The van der Waals surface area contributed by atoms with Gasteiger partial charge in [0, 0.05) is 37.3 Å². The van der Waals surface area contributed by atoms with Crippen molar-refractivity contribution in [2.75, 3.05) is 13.1 Å². The molecule has 0 aromatic heterocycles. The van der Waals surface area contributed by atoms with Gasteiger partial charge in [-0.15, -0.1) is 0 Å². The number of hydrogen-bond acceptors (Lipinski definition) is 2. The van der Waals surface area contributed by atoms with E-state index in [1.807, 2.05) is 0 Å². The second-order valence-corrected chi connectivity index (χ2v) is 5.47. The van der Waals surface area contributed by atoms with Gasteiger partial charge in [0.25, 0.3) is 0 Å². The van der Waals surface area contributed by atoms with Gasteiger partial charge < -0.3 is 0 Å². The summed E-state index contributed by atoms with van der Waals surface area (Å²) in [6.07, 6.45) is 6.04. The molecule has 3 heterocycles. The Labute approximate surface area is 93.9 Å². The summed E-state index contributed by atoms with van der Waals surface area (Å²) < 4.78 is 0. The van der Waals surface area contributed by atoms with Gasteiger partial charge >= 0.3 is 0 Å². The fraction of sp³-hybridized carbons (Fsp3) is 0.846. The molecule has 0 aliphatic carbocycles. The lowest BCUT2D eigenvalue weighted by Crippen LogP contribution is -2.59. The molecule has 1 fully saturated rings. The first-order valence-electron chi connectivity index (χ1n) is 6.27. The summed E-state index contributed by atoms with van der Waals surface area (Å²) in [4.78, 5) is 5.32. The smallest absolute Gasteiger partial charge is 0.0409 e. The van der Waals surface area contributed by atoms with Gasteiger partial charge in [-0.2, -0.15) is 0 Å². The highest BCUT2D eigenvalue weighted by molar-refractivity contribution is 5.08. The molecule has 0 aromatic rings. The van der Waals surface area contributed by atoms with Crippen molar-refractivity contribution in [3.8, 4) is 0 Å². The van der Waals surface area contributed by atoms with Crippen molar-refractivity contribution in [2.24, 2.45) is 0 Å². The van der Waals surface area contributed by atoms with E-state index < -0.39 is 0 Å². The second kappa shape index (κ2) is 4.26. The highest BCUT2D eigenvalue weighted by Gasteiger charge is 2.35. The van der Waals surface area contributed by atoms with Crippen molar-refractivity contribution in [3.63, 3.8) is 0 Å². The average Bonchev–Trinajstić information content (AvgIpc) is 2.48. The maximum atomic E-state index is 2.67. The van der Waals surface area contributed by atoms with Crippen LogP contribution in [0.2, 0.25) is 0 Å². The SMILES string of the molecule is CC(C)N1CC2CC=CC1CN2C(C)C. The van der Waals surface area contributed by atoms with Gasteiger partial charge in [0.1, 0.15) is 0 Å². The summed E-state index contributed by atoms with van der Waals surface area (Å²) >= 11 is 0. The zero-order valence-corrected chi connectivity index (χ0v) is 10.5. The highest BCUT2D eigenvalue weighted by Crippen LogP contribution is 2.26. The van der Waals surface area contributed by atoms with Crippen LogP contribution in [0, 0.1) is 0 Å².